The topological polar surface area (TPSA) is 71.7 Å². The van der Waals surface area contributed by atoms with E-state index in [0.29, 0.717) is 27.5 Å². The first-order valence-corrected chi connectivity index (χ1v) is 10.0. The third-order valence-corrected chi connectivity index (χ3v) is 6.19. The zero-order valence-corrected chi connectivity index (χ0v) is 17.1. The minimum absolute atomic E-state index is 0.305. The summed E-state index contributed by atoms with van der Waals surface area (Å²) in [6, 6.07) is 10.2. The number of carbonyl (C=O) groups excluding carboxylic acids is 3. The molecule has 2 heterocycles. The molecule has 2 aromatic carbocycles. The Morgan fingerprint density at radius 2 is 1.83 bits per heavy atom. The molecule has 1 aromatic heterocycles. The normalized spacial score (nSPS) is 14.0. The molecule has 6 nitrogen and oxygen atoms in total. The number of nitrogens with zero attached hydrogens (tertiary/aromatic N) is 3. The second-order valence-corrected chi connectivity index (χ2v) is 7.97. The van der Waals surface area contributed by atoms with Gasteiger partial charge in [0.15, 0.2) is 4.80 Å². The highest BCUT2D eigenvalue weighted by Crippen LogP contribution is 2.27. The fourth-order valence-electron chi connectivity index (χ4n) is 3.36. The fraction of sp³-hybridized carbons (Fsp3) is 0.143. The van der Waals surface area contributed by atoms with Crippen LogP contribution in [0.15, 0.2) is 54.0 Å². The van der Waals surface area contributed by atoms with Crippen LogP contribution in [0.4, 0.5) is 0 Å². The molecule has 1 aliphatic heterocycles. The summed E-state index contributed by atoms with van der Waals surface area (Å²) < 4.78 is 2.79. The van der Waals surface area contributed by atoms with Crippen molar-refractivity contribution < 1.29 is 14.4 Å². The molecule has 0 saturated heterocycles. The van der Waals surface area contributed by atoms with Gasteiger partial charge in [0, 0.05) is 11.6 Å². The lowest BCUT2D eigenvalue weighted by atomic mass is 10.1. The maximum atomic E-state index is 12.6. The highest BCUT2D eigenvalue weighted by atomic mass is 35.5. The van der Waals surface area contributed by atoms with E-state index in [-0.39, 0.29) is 0 Å². The maximum absolute atomic E-state index is 12.6. The molecule has 0 spiro atoms. The number of fused-ring (bicyclic) bond motifs is 2. The van der Waals surface area contributed by atoms with Crippen molar-refractivity contribution in [2.24, 2.45) is 4.99 Å². The number of carbonyl (C=O) groups is 3. The Labute approximate surface area is 175 Å². The molecule has 146 valence electrons. The number of benzene rings is 2. The molecule has 0 fully saturated rings. The van der Waals surface area contributed by atoms with Gasteiger partial charge in [-0.05, 0) is 36.8 Å². The molecule has 0 radical (unpaired) electrons. The molecule has 3 amide bonds. The van der Waals surface area contributed by atoms with Gasteiger partial charge in [-0.15, -0.1) is 6.58 Å². The van der Waals surface area contributed by atoms with Crippen LogP contribution in [0.2, 0.25) is 5.02 Å². The van der Waals surface area contributed by atoms with Crippen molar-refractivity contribution >= 4 is 50.9 Å². The van der Waals surface area contributed by atoms with Crippen molar-refractivity contribution in [3.63, 3.8) is 0 Å². The van der Waals surface area contributed by atoms with Crippen LogP contribution in [0.3, 0.4) is 0 Å². The molecule has 0 aliphatic carbocycles. The molecule has 0 bridgehead atoms. The highest BCUT2D eigenvalue weighted by Gasteiger charge is 2.36. The van der Waals surface area contributed by atoms with Gasteiger partial charge in [0.1, 0.15) is 6.54 Å². The largest absolute Gasteiger partial charge is 0.312 e. The number of aryl methyl sites for hydroxylation is 1. The summed E-state index contributed by atoms with van der Waals surface area (Å²) in [5, 5.41) is 0.622. The number of halogens is 1. The number of aromatic nitrogens is 1. The van der Waals surface area contributed by atoms with E-state index in [9.17, 15) is 14.4 Å². The van der Waals surface area contributed by atoms with E-state index < -0.39 is 24.3 Å². The Morgan fingerprint density at radius 3 is 2.45 bits per heavy atom. The van der Waals surface area contributed by atoms with E-state index in [0.717, 1.165) is 20.7 Å². The summed E-state index contributed by atoms with van der Waals surface area (Å²) in [5.74, 6) is -1.54. The van der Waals surface area contributed by atoms with Crippen LogP contribution < -0.4 is 4.80 Å². The first-order chi connectivity index (χ1) is 13.9. The summed E-state index contributed by atoms with van der Waals surface area (Å²) in [6.45, 7) is 5.71. The summed E-state index contributed by atoms with van der Waals surface area (Å²) >= 11 is 7.59. The molecule has 0 atom stereocenters. The predicted molar refractivity (Wildman–Crippen MR) is 112 cm³/mol. The molecule has 3 aromatic rings. The van der Waals surface area contributed by atoms with Crippen LogP contribution in [0.5, 0.6) is 0 Å². The molecule has 8 heteroatoms. The van der Waals surface area contributed by atoms with Crippen LogP contribution in [0.1, 0.15) is 26.3 Å². The molecule has 0 N–H and O–H groups in total. The Morgan fingerprint density at radius 1 is 1.17 bits per heavy atom. The summed E-state index contributed by atoms with van der Waals surface area (Å²) in [7, 11) is 0. The van der Waals surface area contributed by atoms with E-state index in [4.69, 9.17) is 11.6 Å². The summed E-state index contributed by atoms with van der Waals surface area (Å²) in [6.07, 6.45) is 1.71. The van der Waals surface area contributed by atoms with E-state index >= 15 is 0 Å². The van der Waals surface area contributed by atoms with Crippen molar-refractivity contribution in [2.45, 2.75) is 13.5 Å². The van der Waals surface area contributed by atoms with E-state index in [2.05, 4.69) is 11.6 Å². The summed E-state index contributed by atoms with van der Waals surface area (Å²) in [4.78, 5) is 43.1. The van der Waals surface area contributed by atoms with Gasteiger partial charge in [-0.1, -0.05) is 41.1 Å². The van der Waals surface area contributed by atoms with E-state index in [1.807, 2.05) is 17.6 Å². The fourth-order valence-corrected chi connectivity index (χ4v) is 4.63. The third kappa shape index (κ3) is 3.22. The second-order valence-electron chi connectivity index (χ2n) is 6.55. The first kappa shape index (κ1) is 19.3. The number of amides is 3. The number of rotatable bonds is 4. The van der Waals surface area contributed by atoms with Crippen LogP contribution >= 0.6 is 22.9 Å². The van der Waals surface area contributed by atoms with Gasteiger partial charge in [0.05, 0.1) is 21.3 Å². The number of thiazole rings is 1. The Kier molecular flexibility index (Phi) is 4.94. The zero-order chi connectivity index (χ0) is 20.7. The third-order valence-electron chi connectivity index (χ3n) is 4.73. The van der Waals surface area contributed by atoms with Crippen molar-refractivity contribution in [3.05, 3.63) is 75.6 Å². The van der Waals surface area contributed by atoms with Gasteiger partial charge in [-0.2, -0.15) is 4.99 Å². The van der Waals surface area contributed by atoms with Crippen molar-refractivity contribution in [1.29, 1.82) is 0 Å². The zero-order valence-electron chi connectivity index (χ0n) is 15.5. The van der Waals surface area contributed by atoms with Gasteiger partial charge in [0.2, 0.25) is 0 Å². The highest BCUT2D eigenvalue weighted by molar-refractivity contribution is 7.16. The Bertz CT molecular complexity index is 1240. The quantitative estimate of drug-likeness (QED) is 0.474. The van der Waals surface area contributed by atoms with Crippen LogP contribution in [0.25, 0.3) is 10.2 Å². The molecule has 4 rings (SSSR count). The molecule has 0 saturated carbocycles. The lowest BCUT2D eigenvalue weighted by molar-refractivity contribution is -0.118. The van der Waals surface area contributed by atoms with Crippen molar-refractivity contribution in [2.75, 3.05) is 6.54 Å². The average Bonchev–Trinajstić information content (AvgIpc) is 3.16. The van der Waals surface area contributed by atoms with Crippen LogP contribution in [-0.4, -0.2) is 33.7 Å². The molecular formula is C21H16ClN3O3S. The number of allylic oxidation sites excluding steroid dienone is 1. The number of hydrogen-bond donors (Lipinski definition) is 0. The number of hydrogen-bond acceptors (Lipinski definition) is 4. The van der Waals surface area contributed by atoms with Gasteiger partial charge in [-0.25, -0.2) is 0 Å². The average molecular weight is 426 g/mol. The van der Waals surface area contributed by atoms with E-state index in [1.165, 1.54) is 11.3 Å². The van der Waals surface area contributed by atoms with Gasteiger partial charge >= 0.3 is 0 Å². The monoisotopic (exact) mass is 425 g/mol. The van der Waals surface area contributed by atoms with Crippen molar-refractivity contribution in [1.82, 2.24) is 9.47 Å². The standard InChI is InChI=1S/C21H16ClN3O3S/c1-3-10-24-18-12(2)15(22)8-9-16(18)29-21(24)23-17(26)11-25-19(27)13-6-4-5-7-14(13)20(25)28/h3-9H,1,10-11H2,2H3. The molecule has 1 aliphatic rings. The lowest BCUT2D eigenvalue weighted by Gasteiger charge is -2.10. The van der Waals surface area contributed by atoms with Crippen molar-refractivity contribution in [3.8, 4) is 0 Å². The Hall–Kier alpha value is -3.03. The van der Waals surface area contributed by atoms with Gasteiger partial charge in [-0.3, -0.25) is 19.3 Å². The minimum atomic E-state index is -0.576. The van der Waals surface area contributed by atoms with Crippen LogP contribution in [-0.2, 0) is 11.3 Å². The summed E-state index contributed by atoms with van der Waals surface area (Å²) in [5.41, 5.74) is 2.38. The number of imide groups is 1. The van der Waals surface area contributed by atoms with E-state index in [1.54, 1.807) is 36.4 Å². The SMILES string of the molecule is C=CCn1c(=NC(=O)CN2C(=O)c3ccccc3C2=O)sc2ccc(Cl)c(C)c21. The minimum Gasteiger partial charge on any atom is -0.312 e. The van der Waals surface area contributed by atoms with Gasteiger partial charge in [0.25, 0.3) is 17.7 Å². The predicted octanol–water partition coefficient (Wildman–Crippen LogP) is 3.57. The van der Waals surface area contributed by atoms with Gasteiger partial charge < -0.3 is 4.57 Å². The second kappa shape index (κ2) is 7.42. The molecular weight excluding hydrogens is 410 g/mol. The first-order valence-electron chi connectivity index (χ1n) is 8.84. The smallest absolute Gasteiger partial charge is 0.268 e. The van der Waals surface area contributed by atoms with Crippen LogP contribution in [0, 0.1) is 6.92 Å². The Balaban J connectivity index is 1.71. The maximum Gasteiger partial charge on any atom is 0.268 e. The lowest BCUT2D eigenvalue weighted by Crippen LogP contribution is -2.35. The molecule has 29 heavy (non-hydrogen) atoms. The molecule has 0 unspecified atom stereocenters.